The molecule has 1 saturated carbocycles. The van der Waals surface area contributed by atoms with Crippen LogP contribution in [0.15, 0.2) is 6.33 Å². The lowest BCUT2D eigenvalue weighted by molar-refractivity contribution is -0.0613. The third kappa shape index (κ3) is 2.71. The summed E-state index contributed by atoms with van der Waals surface area (Å²) in [6.45, 7) is 3.90. The van der Waals surface area contributed by atoms with E-state index in [0.29, 0.717) is 11.7 Å². The molecule has 1 aromatic rings. The van der Waals surface area contributed by atoms with Crippen molar-refractivity contribution in [3.8, 4) is 0 Å². The molecule has 5 heteroatoms. The van der Waals surface area contributed by atoms with Crippen LogP contribution < -0.4 is 10.6 Å². The number of aromatic nitrogens is 2. The second-order valence-electron chi connectivity index (χ2n) is 6.55. The Hall–Kier alpha value is -1.36. The van der Waals surface area contributed by atoms with E-state index in [4.69, 9.17) is 5.73 Å². The summed E-state index contributed by atoms with van der Waals surface area (Å²) in [7, 11) is 0. The summed E-state index contributed by atoms with van der Waals surface area (Å²) in [5.74, 6) is 1.95. The van der Waals surface area contributed by atoms with Gasteiger partial charge in [0.15, 0.2) is 0 Å². The third-order valence-electron chi connectivity index (χ3n) is 5.18. The second-order valence-corrected chi connectivity index (χ2v) is 6.55. The number of hydrogen-bond acceptors (Lipinski definition) is 5. The highest BCUT2D eigenvalue weighted by atomic mass is 16.3. The molecule has 21 heavy (non-hydrogen) atoms. The minimum atomic E-state index is -0.446. The lowest BCUT2D eigenvalue weighted by Crippen LogP contribution is -2.53. The van der Waals surface area contributed by atoms with Crippen molar-refractivity contribution in [3.05, 3.63) is 11.9 Å². The summed E-state index contributed by atoms with van der Waals surface area (Å²) < 4.78 is 0. The van der Waals surface area contributed by atoms with Gasteiger partial charge in [0.25, 0.3) is 0 Å². The Morgan fingerprint density at radius 1 is 1.38 bits per heavy atom. The third-order valence-corrected chi connectivity index (χ3v) is 5.18. The molecule has 3 N–H and O–H groups in total. The first kappa shape index (κ1) is 14.6. The van der Waals surface area contributed by atoms with Crippen LogP contribution in [-0.2, 0) is 6.42 Å². The van der Waals surface area contributed by atoms with Crippen LogP contribution in [0.3, 0.4) is 0 Å². The van der Waals surface area contributed by atoms with Gasteiger partial charge in [-0.05, 0) is 25.7 Å². The van der Waals surface area contributed by atoms with Gasteiger partial charge in [0.1, 0.15) is 18.0 Å². The predicted octanol–water partition coefficient (Wildman–Crippen LogP) is 2.14. The SMILES string of the molecule is CCCc1c(N)ncnc1N1CCC2(O)CCCCC2C1. The van der Waals surface area contributed by atoms with Crippen molar-refractivity contribution in [2.45, 2.75) is 57.5 Å². The maximum Gasteiger partial charge on any atom is 0.137 e. The van der Waals surface area contributed by atoms with E-state index >= 15 is 0 Å². The molecule has 2 atom stereocenters. The summed E-state index contributed by atoms with van der Waals surface area (Å²) in [5.41, 5.74) is 6.67. The highest BCUT2D eigenvalue weighted by Gasteiger charge is 2.43. The maximum atomic E-state index is 10.8. The average Bonchev–Trinajstić information content (AvgIpc) is 2.49. The number of rotatable bonds is 3. The number of piperidine rings is 1. The quantitative estimate of drug-likeness (QED) is 0.892. The van der Waals surface area contributed by atoms with Gasteiger partial charge in [-0.3, -0.25) is 0 Å². The molecule has 2 unspecified atom stereocenters. The number of aliphatic hydroxyl groups is 1. The summed E-state index contributed by atoms with van der Waals surface area (Å²) in [5, 5.41) is 10.8. The van der Waals surface area contributed by atoms with Gasteiger partial charge in [-0.2, -0.15) is 0 Å². The lowest BCUT2D eigenvalue weighted by Gasteiger charge is -2.48. The molecule has 0 bridgehead atoms. The van der Waals surface area contributed by atoms with E-state index in [2.05, 4.69) is 21.8 Å². The van der Waals surface area contributed by atoms with Crippen LogP contribution in [0.2, 0.25) is 0 Å². The smallest absolute Gasteiger partial charge is 0.137 e. The van der Waals surface area contributed by atoms with Crippen LogP contribution >= 0.6 is 0 Å². The van der Waals surface area contributed by atoms with Crippen molar-refractivity contribution in [3.63, 3.8) is 0 Å². The highest BCUT2D eigenvalue weighted by Crippen LogP contribution is 2.41. The van der Waals surface area contributed by atoms with Crippen molar-refractivity contribution in [2.75, 3.05) is 23.7 Å². The Bertz CT molecular complexity index is 507. The molecule has 0 spiro atoms. The van der Waals surface area contributed by atoms with Gasteiger partial charge in [-0.1, -0.05) is 26.2 Å². The molecule has 1 aromatic heterocycles. The van der Waals surface area contributed by atoms with Gasteiger partial charge in [0.05, 0.1) is 5.60 Å². The summed E-state index contributed by atoms with van der Waals surface area (Å²) in [4.78, 5) is 10.9. The lowest BCUT2D eigenvalue weighted by atomic mass is 9.71. The Kier molecular flexibility index (Phi) is 4.02. The molecule has 1 saturated heterocycles. The Balaban J connectivity index is 1.84. The maximum absolute atomic E-state index is 10.8. The fourth-order valence-corrected chi connectivity index (χ4v) is 3.94. The van der Waals surface area contributed by atoms with Crippen molar-refractivity contribution in [1.29, 1.82) is 0 Å². The van der Waals surface area contributed by atoms with Gasteiger partial charge >= 0.3 is 0 Å². The van der Waals surface area contributed by atoms with Crippen LogP contribution in [0.1, 0.15) is 51.0 Å². The van der Waals surface area contributed by atoms with E-state index < -0.39 is 5.60 Å². The van der Waals surface area contributed by atoms with E-state index in [1.165, 1.54) is 6.42 Å². The molecular formula is C16H26N4O. The van der Waals surface area contributed by atoms with Crippen molar-refractivity contribution < 1.29 is 5.11 Å². The zero-order valence-corrected chi connectivity index (χ0v) is 12.9. The molecule has 5 nitrogen and oxygen atoms in total. The zero-order chi connectivity index (χ0) is 14.9. The molecule has 2 heterocycles. The molecule has 0 amide bonds. The fourth-order valence-electron chi connectivity index (χ4n) is 3.94. The Morgan fingerprint density at radius 2 is 2.24 bits per heavy atom. The van der Waals surface area contributed by atoms with E-state index in [1.54, 1.807) is 6.33 Å². The van der Waals surface area contributed by atoms with Gasteiger partial charge in [0.2, 0.25) is 0 Å². The molecule has 0 aromatic carbocycles. The Morgan fingerprint density at radius 3 is 3.05 bits per heavy atom. The number of nitrogen functional groups attached to an aromatic ring is 1. The monoisotopic (exact) mass is 290 g/mol. The van der Waals surface area contributed by atoms with Gasteiger partial charge in [-0.15, -0.1) is 0 Å². The van der Waals surface area contributed by atoms with E-state index in [1.807, 2.05) is 0 Å². The van der Waals surface area contributed by atoms with Crippen LogP contribution in [-0.4, -0.2) is 33.8 Å². The van der Waals surface area contributed by atoms with Crippen LogP contribution in [0.4, 0.5) is 11.6 Å². The van der Waals surface area contributed by atoms with Crippen molar-refractivity contribution >= 4 is 11.6 Å². The topological polar surface area (TPSA) is 75.3 Å². The largest absolute Gasteiger partial charge is 0.389 e. The first-order chi connectivity index (χ1) is 10.1. The Labute approximate surface area is 126 Å². The number of anilines is 2. The minimum absolute atomic E-state index is 0.366. The van der Waals surface area contributed by atoms with E-state index in [9.17, 15) is 5.11 Å². The van der Waals surface area contributed by atoms with Crippen LogP contribution in [0, 0.1) is 5.92 Å². The first-order valence-corrected chi connectivity index (χ1v) is 8.20. The van der Waals surface area contributed by atoms with Gasteiger partial charge in [0, 0.05) is 24.6 Å². The second kappa shape index (κ2) is 5.79. The highest BCUT2D eigenvalue weighted by molar-refractivity contribution is 5.57. The molecule has 1 aliphatic carbocycles. The zero-order valence-electron chi connectivity index (χ0n) is 12.9. The van der Waals surface area contributed by atoms with Crippen molar-refractivity contribution in [1.82, 2.24) is 9.97 Å². The minimum Gasteiger partial charge on any atom is -0.389 e. The number of nitrogens with zero attached hydrogens (tertiary/aromatic N) is 3. The van der Waals surface area contributed by atoms with E-state index in [0.717, 1.165) is 63.0 Å². The number of hydrogen-bond donors (Lipinski definition) is 2. The average molecular weight is 290 g/mol. The predicted molar refractivity (Wildman–Crippen MR) is 84.2 cm³/mol. The molecule has 2 aliphatic rings. The first-order valence-electron chi connectivity index (χ1n) is 8.20. The van der Waals surface area contributed by atoms with Gasteiger partial charge < -0.3 is 15.7 Å². The van der Waals surface area contributed by atoms with Crippen LogP contribution in [0.5, 0.6) is 0 Å². The number of nitrogens with two attached hydrogens (primary N) is 1. The van der Waals surface area contributed by atoms with E-state index in [-0.39, 0.29) is 0 Å². The standard InChI is InChI=1S/C16H26N4O/c1-2-5-13-14(17)18-11-19-15(13)20-9-8-16(21)7-4-3-6-12(16)10-20/h11-12,21H,2-10H2,1H3,(H2,17,18,19). The van der Waals surface area contributed by atoms with Crippen LogP contribution in [0.25, 0.3) is 0 Å². The molecule has 0 radical (unpaired) electrons. The normalized spacial score (nSPS) is 29.2. The molecule has 1 aliphatic heterocycles. The van der Waals surface area contributed by atoms with Gasteiger partial charge in [-0.25, -0.2) is 9.97 Å². The summed E-state index contributed by atoms with van der Waals surface area (Å²) in [6, 6.07) is 0. The number of fused-ring (bicyclic) bond motifs is 1. The van der Waals surface area contributed by atoms with Crippen molar-refractivity contribution in [2.24, 2.45) is 5.92 Å². The summed E-state index contributed by atoms with van der Waals surface area (Å²) in [6.07, 6.45) is 8.82. The summed E-state index contributed by atoms with van der Waals surface area (Å²) >= 11 is 0. The molecular weight excluding hydrogens is 264 g/mol. The molecule has 116 valence electrons. The fraction of sp³-hybridized carbons (Fsp3) is 0.750. The molecule has 3 rings (SSSR count). The molecule has 2 fully saturated rings.